The molecule has 0 amide bonds. The van der Waals surface area contributed by atoms with Crippen molar-refractivity contribution >= 4 is 11.9 Å². The smallest absolute Gasteiger partial charge is 0.308 e. The van der Waals surface area contributed by atoms with Gasteiger partial charge in [-0.2, -0.15) is 5.26 Å². The summed E-state index contributed by atoms with van der Waals surface area (Å²) in [6, 6.07) is 5.16. The van der Waals surface area contributed by atoms with Gasteiger partial charge in [-0.1, -0.05) is 13.0 Å². The lowest BCUT2D eigenvalue weighted by atomic mass is 9.77. The standard InChI is InChI=1S/C15H18N2O4/c1-3-11(2)21-14(20)8-15(10-16,7-13(18)19)12-5-4-6-17-9-12/h4-6,9,11H,3,7-8H2,1-2H3,(H,18,19). The second-order valence-corrected chi connectivity index (χ2v) is 4.89. The van der Waals surface area contributed by atoms with Crippen LogP contribution < -0.4 is 0 Å². The number of carbonyl (C=O) groups is 2. The Bertz CT molecular complexity index is 538. The van der Waals surface area contributed by atoms with Gasteiger partial charge in [0.05, 0.1) is 25.0 Å². The lowest BCUT2D eigenvalue weighted by molar-refractivity contribution is -0.149. The molecule has 0 radical (unpaired) electrons. The Balaban J connectivity index is 3.06. The Morgan fingerprint density at radius 1 is 1.52 bits per heavy atom. The topological polar surface area (TPSA) is 100 Å². The van der Waals surface area contributed by atoms with Gasteiger partial charge in [-0.15, -0.1) is 0 Å². The summed E-state index contributed by atoms with van der Waals surface area (Å²) >= 11 is 0. The molecule has 1 aromatic rings. The molecule has 0 fully saturated rings. The van der Waals surface area contributed by atoms with E-state index < -0.39 is 23.8 Å². The maximum Gasteiger partial charge on any atom is 0.308 e. The third-order valence-electron chi connectivity index (χ3n) is 3.23. The largest absolute Gasteiger partial charge is 0.481 e. The van der Waals surface area contributed by atoms with Crippen LogP contribution in [-0.2, 0) is 19.7 Å². The average molecular weight is 290 g/mol. The molecule has 112 valence electrons. The number of nitriles is 1. The third kappa shape index (κ3) is 4.56. The van der Waals surface area contributed by atoms with E-state index in [4.69, 9.17) is 9.84 Å². The van der Waals surface area contributed by atoms with Gasteiger partial charge < -0.3 is 9.84 Å². The Morgan fingerprint density at radius 3 is 2.71 bits per heavy atom. The molecule has 1 rings (SSSR count). The quantitative estimate of drug-likeness (QED) is 0.771. The Kier molecular flexibility index (Phi) is 5.85. The zero-order valence-corrected chi connectivity index (χ0v) is 12.1. The summed E-state index contributed by atoms with van der Waals surface area (Å²) in [5.74, 6) is -1.74. The van der Waals surface area contributed by atoms with Gasteiger partial charge in [-0.25, -0.2) is 0 Å². The van der Waals surface area contributed by atoms with Crippen molar-refractivity contribution in [2.75, 3.05) is 0 Å². The van der Waals surface area contributed by atoms with Gasteiger partial charge >= 0.3 is 11.9 Å². The first-order valence-electron chi connectivity index (χ1n) is 6.66. The molecule has 0 saturated heterocycles. The lowest BCUT2D eigenvalue weighted by Crippen LogP contribution is -2.32. The first kappa shape index (κ1) is 16.6. The monoisotopic (exact) mass is 290 g/mol. The molecule has 0 aliphatic rings. The number of pyridine rings is 1. The van der Waals surface area contributed by atoms with Gasteiger partial charge in [0.2, 0.25) is 0 Å². The van der Waals surface area contributed by atoms with Gasteiger partial charge in [0.15, 0.2) is 0 Å². The number of nitrogens with zero attached hydrogens (tertiary/aromatic N) is 2. The van der Waals surface area contributed by atoms with Crippen molar-refractivity contribution in [2.24, 2.45) is 0 Å². The maximum atomic E-state index is 12.0. The molecule has 21 heavy (non-hydrogen) atoms. The number of rotatable bonds is 7. The molecule has 0 bridgehead atoms. The van der Waals surface area contributed by atoms with Crippen LogP contribution in [0.5, 0.6) is 0 Å². The van der Waals surface area contributed by atoms with Gasteiger partial charge in [0.1, 0.15) is 5.41 Å². The normalized spacial score (nSPS) is 14.5. The summed E-state index contributed by atoms with van der Waals surface area (Å²) in [6.45, 7) is 3.61. The highest BCUT2D eigenvalue weighted by Crippen LogP contribution is 2.31. The van der Waals surface area contributed by atoms with Crippen LogP contribution in [0.15, 0.2) is 24.5 Å². The number of aliphatic carboxylic acids is 1. The number of hydrogen-bond acceptors (Lipinski definition) is 5. The van der Waals surface area contributed by atoms with Crippen molar-refractivity contribution < 1.29 is 19.4 Å². The number of ether oxygens (including phenoxy) is 1. The minimum absolute atomic E-state index is 0.271. The van der Waals surface area contributed by atoms with E-state index in [1.165, 1.54) is 12.4 Å². The lowest BCUT2D eigenvalue weighted by Gasteiger charge is -2.24. The van der Waals surface area contributed by atoms with Crippen LogP contribution in [-0.4, -0.2) is 28.1 Å². The van der Waals surface area contributed by atoms with Crippen molar-refractivity contribution in [3.8, 4) is 6.07 Å². The van der Waals surface area contributed by atoms with E-state index in [1.807, 2.05) is 13.0 Å². The molecule has 2 unspecified atom stereocenters. The summed E-state index contributed by atoms with van der Waals surface area (Å²) in [6.07, 6.45) is 2.51. The molecule has 0 saturated carbocycles. The highest BCUT2D eigenvalue weighted by molar-refractivity contribution is 5.76. The van der Waals surface area contributed by atoms with Crippen molar-refractivity contribution in [2.45, 2.75) is 44.6 Å². The van der Waals surface area contributed by atoms with E-state index in [9.17, 15) is 14.9 Å². The fraction of sp³-hybridized carbons (Fsp3) is 0.467. The molecular weight excluding hydrogens is 272 g/mol. The van der Waals surface area contributed by atoms with Crippen LogP contribution in [0.25, 0.3) is 0 Å². The molecular formula is C15H18N2O4. The number of carboxylic acid groups (broad SMARTS) is 1. The fourth-order valence-electron chi connectivity index (χ4n) is 1.91. The van der Waals surface area contributed by atoms with Crippen LogP contribution in [0, 0.1) is 11.3 Å². The van der Waals surface area contributed by atoms with Gasteiger partial charge in [-0.3, -0.25) is 14.6 Å². The zero-order chi connectivity index (χ0) is 15.9. The predicted molar refractivity (Wildman–Crippen MR) is 74.2 cm³/mol. The summed E-state index contributed by atoms with van der Waals surface area (Å²) in [7, 11) is 0. The first-order chi connectivity index (χ1) is 9.93. The number of esters is 1. The number of carboxylic acids is 1. The molecule has 0 aliphatic heterocycles. The summed E-state index contributed by atoms with van der Waals surface area (Å²) in [5.41, 5.74) is -1.07. The minimum Gasteiger partial charge on any atom is -0.481 e. The number of hydrogen-bond donors (Lipinski definition) is 1. The molecule has 2 atom stereocenters. The highest BCUT2D eigenvalue weighted by atomic mass is 16.5. The molecule has 1 N–H and O–H groups in total. The van der Waals surface area contributed by atoms with E-state index in [0.717, 1.165) is 0 Å². The van der Waals surface area contributed by atoms with Gasteiger partial charge in [0, 0.05) is 12.4 Å². The molecule has 1 heterocycles. The molecule has 0 spiro atoms. The van der Waals surface area contributed by atoms with Crippen molar-refractivity contribution in [1.29, 1.82) is 5.26 Å². The SMILES string of the molecule is CCC(C)OC(=O)CC(C#N)(CC(=O)O)c1cccnc1. The second kappa shape index (κ2) is 7.39. The van der Waals surface area contributed by atoms with Crippen LogP contribution >= 0.6 is 0 Å². The molecule has 0 aliphatic carbocycles. The van der Waals surface area contributed by atoms with Gasteiger partial charge in [0.25, 0.3) is 0 Å². The highest BCUT2D eigenvalue weighted by Gasteiger charge is 2.38. The van der Waals surface area contributed by atoms with Crippen LogP contribution in [0.2, 0.25) is 0 Å². The van der Waals surface area contributed by atoms with E-state index in [2.05, 4.69) is 4.98 Å². The van der Waals surface area contributed by atoms with Crippen LogP contribution in [0.4, 0.5) is 0 Å². The summed E-state index contributed by atoms with van der Waals surface area (Å²) < 4.78 is 5.16. The fourth-order valence-corrected chi connectivity index (χ4v) is 1.91. The van der Waals surface area contributed by atoms with E-state index in [0.29, 0.717) is 12.0 Å². The summed E-state index contributed by atoms with van der Waals surface area (Å²) in [5, 5.41) is 18.5. The average Bonchev–Trinajstić information content (AvgIpc) is 2.46. The van der Waals surface area contributed by atoms with Crippen LogP contribution in [0.1, 0.15) is 38.7 Å². The van der Waals surface area contributed by atoms with E-state index in [1.54, 1.807) is 19.1 Å². The first-order valence-corrected chi connectivity index (χ1v) is 6.66. The molecule has 1 aromatic heterocycles. The second-order valence-electron chi connectivity index (χ2n) is 4.89. The minimum atomic E-state index is -1.47. The predicted octanol–water partition coefficient (Wildman–Crippen LogP) is 2.05. The molecule has 6 nitrogen and oxygen atoms in total. The number of aromatic nitrogens is 1. The van der Waals surface area contributed by atoms with E-state index in [-0.39, 0.29) is 12.5 Å². The third-order valence-corrected chi connectivity index (χ3v) is 3.23. The number of carbonyl (C=O) groups excluding carboxylic acids is 1. The van der Waals surface area contributed by atoms with E-state index >= 15 is 0 Å². The van der Waals surface area contributed by atoms with Crippen molar-refractivity contribution in [3.05, 3.63) is 30.1 Å². The van der Waals surface area contributed by atoms with Crippen molar-refractivity contribution in [1.82, 2.24) is 4.98 Å². The zero-order valence-electron chi connectivity index (χ0n) is 12.1. The maximum absolute atomic E-state index is 12.0. The molecule has 0 aromatic carbocycles. The van der Waals surface area contributed by atoms with Crippen molar-refractivity contribution in [3.63, 3.8) is 0 Å². The Labute approximate surface area is 123 Å². The molecule has 6 heteroatoms. The Morgan fingerprint density at radius 2 is 2.24 bits per heavy atom. The van der Waals surface area contributed by atoms with Crippen LogP contribution in [0.3, 0.4) is 0 Å². The van der Waals surface area contributed by atoms with Gasteiger partial charge in [-0.05, 0) is 25.0 Å². The Hall–Kier alpha value is -2.42. The summed E-state index contributed by atoms with van der Waals surface area (Å²) in [4.78, 5) is 26.9.